The Hall–Kier alpha value is -2.30. The molecule has 1 aromatic heterocycles. The van der Waals surface area contributed by atoms with Gasteiger partial charge >= 0.3 is 0 Å². The standard InChI is InChI=1S/C17H20N2O3/c18-16-14(15(20)12-9-5-6-10-13(12)22-16)17(21)19-11-7-3-1-2-4-8-11/h5-6,9-11H,1-4,7-8,18H2,(H,19,21). The molecule has 2 aromatic rings. The van der Waals surface area contributed by atoms with Crippen molar-refractivity contribution in [1.29, 1.82) is 0 Å². The monoisotopic (exact) mass is 300 g/mol. The largest absolute Gasteiger partial charge is 0.440 e. The zero-order valence-electron chi connectivity index (χ0n) is 12.4. The Bertz CT molecular complexity index is 743. The molecule has 1 aromatic carbocycles. The van der Waals surface area contributed by atoms with Gasteiger partial charge in [-0.25, -0.2) is 0 Å². The molecule has 0 atom stereocenters. The number of benzene rings is 1. The number of nitrogen functional groups attached to an aromatic ring is 1. The number of hydrogen-bond acceptors (Lipinski definition) is 4. The molecule has 1 amide bonds. The molecule has 3 rings (SSSR count). The summed E-state index contributed by atoms with van der Waals surface area (Å²) in [5, 5.41) is 3.32. The van der Waals surface area contributed by atoms with Crippen LogP contribution in [0.1, 0.15) is 48.9 Å². The Labute approximate surface area is 128 Å². The SMILES string of the molecule is Nc1oc2ccccc2c(=O)c1C(=O)NC1CCCCCC1. The summed E-state index contributed by atoms with van der Waals surface area (Å²) in [6, 6.07) is 6.92. The highest BCUT2D eigenvalue weighted by molar-refractivity contribution is 6.00. The van der Waals surface area contributed by atoms with Crippen LogP contribution in [0, 0.1) is 0 Å². The number of amides is 1. The molecule has 0 bridgehead atoms. The quantitative estimate of drug-likeness (QED) is 0.835. The lowest BCUT2D eigenvalue weighted by atomic mass is 10.1. The van der Waals surface area contributed by atoms with Crippen LogP contribution in [0.25, 0.3) is 11.0 Å². The molecule has 1 aliphatic rings. The minimum atomic E-state index is -0.427. The van der Waals surface area contributed by atoms with E-state index in [1.165, 1.54) is 12.8 Å². The highest BCUT2D eigenvalue weighted by Gasteiger charge is 2.22. The third-order valence-corrected chi connectivity index (χ3v) is 4.24. The van der Waals surface area contributed by atoms with Crippen molar-refractivity contribution in [3.05, 3.63) is 40.1 Å². The summed E-state index contributed by atoms with van der Waals surface area (Å²) in [5.41, 5.74) is 5.75. The summed E-state index contributed by atoms with van der Waals surface area (Å²) >= 11 is 0. The van der Waals surface area contributed by atoms with E-state index in [4.69, 9.17) is 10.2 Å². The van der Waals surface area contributed by atoms with Gasteiger partial charge in [0.25, 0.3) is 5.91 Å². The van der Waals surface area contributed by atoms with Gasteiger partial charge in [0.05, 0.1) is 5.39 Å². The fraction of sp³-hybridized carbons (Fsp3) is 0.412. The van der Waals surface area contributed by atoms with Gasteiger partial charge in [0.15, 0.2) is 0 Å². The zero-order valence-corrected chi connectivity index (χ0v) is 12.4. The van der Waals surface area contributed by atoms with E-state index in [1.54, 1.807) is 24.3 Å². The number of nitrogens with two attached hydrogens (primary N) is 1. The van der Waals surface area contributed by atoms with Gasteiger partial charge in [0.1, 0.15) is 11.1 Å². The Kier molecular flexibility index (Phi) is 4.13. The van der Waals surface area contributed by atoms with Gasteiger partial charge in [-0.1, -0.05) is 37.8 Å². The van der Waals surface area contributed by atoms with Crippen LogP contribution in [0.3, 0.4) is 0 Å². The van der Waals surface area contributed by atoms with Crippen LogP contribution in [0.15, 0.2) is 33.5 Å². The smallest absolute Gasteiger partial charge is 0.260 e. The van der Waals surface area contributed by atoms with E-state index in [0.29, 0.717) is 11.0 Å². The first-order valence-electron chi connectivity index (χ1n) is 7.79. The molecule has 0 spiro atoms. The number of rotatable bonds is 2. The lowest BCUT2D eigenvalue weighted by molar-refractivity contribution is 0.0932. The molecule has 0 unspecified atom stereocenters. The van der Waals surface area contributed by atoms with Gasteiger partial charge in [-0.2, -0.15) is 0 Å². The van der Waals surface area contributed by atoms with Crippen molar-refractivity contribution in [2.45, 2.75) is 44.6 Å². The number of nitrogens with one attached hydrogen (secondary N) is 1. The molecule has 1 heterocycles. The van der Waals surface area contributed by atoms with Crippen molar-refractivity contribution in [3.63, 3.8) is 0 Å². The number of carbonyl (C=O) groups excluding carboxylic acids is 1. The third kappa shape index (κ3) is 2.84. The van der Waals surface area contributed by atoms with E-state index in [-0.39, 0.29) is 22.9 Å². The lowest BCUT2D eigenvalue weighted by Crippen LogP contribution is -2.37. The highest BCUT2D eigenvalue weighted by Crippen LogP contribution is 2.20. The molecule has 3 N–H and O–H groups in total. The minimum absolute atomic E-state index is 0.0806. The maximum atomic E-state index is 12.5. The summed E-state index contributed by atoms with van der Waals surface area (Å²) in [7, 11) is 0. The van der Waals surface area contributed by atoms with E-state index in [1.807, 2.05) is 0 Å². The predicted molar refractivity (Wildman–Crippen MR) is 85.9 cm³/mol. The first-order chi connectivity index (χ1) is 10.7. The first kappa shape index (κ1) is 14.6. The second-order valence-corrected chi connectivity index (χ2v) is 5.83. The second kappa shape index (κ2) is 6.22. The fourth-order valence-corrected chi connectivity index (χ4v) is 3.06. The average Bonchev–Trinajstić information content (AvgIpc) is 2.76. The number of hydrogen-bond donors (Lipinski definition) is 2. The van der Waals surface area contributed by atoms with Crippen molar-refractivity contribution in [1.82, 2.24) is 5.32 Å². The Morgan fingerprint density at radius 2 is 1.82 bits per heavy atom. The van der Waals surface area contributed by atoms with E-state index in [0.717, 1.165) is 25.7 Å². The van der Waals surface area contributed by atoms with Crippen LogP contribution >= 0.6 is 0 Å². The summed E-state index contributed by atoms with van der Waals surface area (Å²) in [6.07, 6.45) is 6.51. The summed E-state index contributed by atoms with van der Waals surface area (Å²) < 4.78 is 5.43. The Morgan fingerprint density at radius 1 is 1.14 bits per heavy atom. The summed E-state index contributed by atoms with van der Waals surface area (Å²) in [5.74, 6) is -0.543. The maximum Gasteiger partial charge on any atom is 0.260 e. The van der Waals surface area contributed by atoms with Crippen molar-refractivity contribution >= 4 is 22.8 Å². The predicted octanol–water partition coefficient (Wildman–Crippen LogP) is 2.83. The Balaban J connectivity index is 1.91. The molecule has 1 aliphatic carbocycles. The van der Waals surface area contributed by atoms with Gasteiger partial charge in [-0.15, -0.1) is 0 Å². The van der Waals surface area contributed by atoms with E-state index in [2.05, 4.69) is 5.32 Å². The molecular formula is C17H20N2O3. The molecular weight excluding hydrogens is 280 g/mol. The van der Waals surface area contributed by atoms with Crippen LogP contribution in [0.2, 0.25) is 0 Å². The molecule has 0 radical (unpaired) electrons. The van der Waals surface area contributed by atoms with Gasteiger partial charge in [0, 0.05) is 6.04 Å². The number of carbonyl (C=O) groups is 1. The van der Waals surface area contributed by atoms with Crippen molar-refractivity contribution in [3.8, 4) is 0 Å². The van der Waals surface area contributed by atoms with Crippen LogP contribution in [-0.4, -0.2) is 11.9 Å². The Morgan fingerprint density at radius 3 is 2.55 bits per heavy atom. The normalized spacial score (nSPS) is 16.4. The molecule has 1 saturated carbocycles. The van der Waals surface area contributed by atoms with Crippen LogP contribution in [0.5, 0.6) is 0 Å². The van der Waals surface area contributed by atoms with E-state index >= 15 is 0 Å². The van der Waals surface area contributed by atoms with Gasteiger partial charge in [0.2, 0.25) is 11.3 Å². The maximum absolute atomic E-state index is 12.5. The van der Waals surface area contributed by atoms with Crippen LogP contribution in [-0.2, 0) is 0 Å². The summed E-state index contributed by atoms with van der Waals surface area (Å²) in [6.45, 7) is 0. The van der Waals surface area contributed by atoms with Gasteiger partial charge in [-0.05, 0) is 25.0 Å². The van der Waals surface area contributed by atoms with Crippen molar-refractivity contribution < 1.29 is 9.21 Å². The molecule has 5 heteroatoms. The van der Waals surface area contributed by atoms with E-state index < -0.39 is 5.91 Å². The number of fused-ring (bicyclic) bond motifs is 1. The van der Waals surface area contributed by atoms with Gasteiger partial charge in [-0.3, -0.25) is 9.59 Å². The zero-order chi connectivity index (χ0) is 15.5. The van der Waals surface area contributed by atoms with Crippen molar-refractivity contribution in [2.75, 3.05) is 5.73 Å². The third-order valence-electron chi connectivity index (χ3n) is 4.24. The summed E-state index contributed by atoms with van der Waals surface area (Å²) in [4.78, 5) is 25.0. The molecule has 1 fully saturated rings. The molecule has 116 valence electrons. The van der Waals surface area contributed by atoms with Gasteiger partial charge < -0.3 is 15.5 Å². The average molecular weight is 300 g/mol. The van der Waals surface area contributed by atoms with Crippen LogP contribution in [0.4, 0.5) is 5.88 Å². The molecule has 0 aliphatic heterocycles. The molecule has 0 saturated heterocycles. The number of para-hydroxylation sites is 1. The van der Waals surface area contributed by atoms with Crippen molar-refractivity contribution in [2.24, 2.45) is 0 Å². The number of anilines is 1. The first-order valence-corrected chi connectivity index (χ1v) is 7.79. The van der Waals surface area contributed by atoms with E-state index in [9.17, 15) is 9.59 Å². The topological polar surface area (TPSA) is 85.3 Å². The fourth-order valence-electron chi connectivity index (χ4n) is 3.06. The molecule has 5 nitrogen and oxygen atoms in total. The minimum Gasteiger partial charge on any atom is -0.440 e. The second-order valence-electron chi connectivity index (χ2n) is 5.83. The van der Waals surface area contributed by atoms with Crippen LogP contribution < -0.4 is 16.5 Å². The highest BCUT2D eigenvalue weighted by atomic mass is 16.3. The lowest BCUT2D eigenvalue weighted by Gasteiger charge is -2.16. The molecule has 22 heavy (non-hydrogen) atoms.